The highest BCUT2D eigenvalue weighted by Crippen LogP contribution is 2.15. The number of hydrogen-bond acceptors (Lipinski definition) is 4. The standard InChI is InChI=1S/C17H21N3O3S2/c18-25(22,23)16-8-6-14(7-9-16)10-11-19-17(21)20-12-13-24-15-4-2-1-3-5-15/h1-9H,10-13H2,(H2,18,22,23)(H2,19,20,21). The van der Waals surface area contributed by atoms with Crippen LogP contribution in [0.2, 0.25) is 0 Å². The first-order chi connectivity index (χ1) is 11.9. The van der Waals surface area contributed by atoms with Gasteiger partial charge in [0.2, 0.25) is 10.0 Å². The van der Waals surface area contributed by atoms with Crippen molar-refractivity contribution in [1.82, 2.24) is 10.6 Å². The van der Waals surface area contributed by atoms with E-state index in [9.17, 15) is 13.2 Å². The second-order valence-electron chi connectivity index (χ2n) is 5.28. The number of hydrogen-bond donors (Lipinski definition) is 3. The molecule has 6 nitrogen and oxygen atoms in total. The van der Waals surface area contributed by atoms with Gasteiger partial charge in [-0.25, -0.2) is 18.4 Å². The number of carbonyl (C=O) groups is 1. The molecule has 134 valence electrons. The fourth-order valence-electron chi connectivity index (χ4n) is 2.08. The average Bonchev–Trinajstić information content (AvgIpc) is 2.59. The Morgan fingerprint density at radius 1 is 0.960 bits per heavy atom. The molecule has 0 atom stereocenters. The summed E-state index contributed by atoms with van der Waals surface area (Å²) in [6.45, 7) is 1.04. The minimum absolute atomic E-state index is 0.0814. The van der Waals surface area contributed by atoms with Crippen molar-refractivity contribution in [3.05, 3.63) is 60.2 Å². The van der Waals surface area contributed by atoms with Gasteiger partial charge in [-0.1, -0.05) is 30.3 Å². The molecule has 0 unspecified atom stereocenters. The zero-order valence-electron chi connectivity index (χ0n) is 13.6. The lowest BCUT2D eigenvalue weighted by Crippen LogP contribution is -2.37. The lowest BCUT2D eigenvalue weighted by molar-refractivity contribution is 0.241. The summed E-state index contributed by atoms with van der Waals surface area (Å²) < 4.78 is 22.3. The van der Waals surface area contributed by atoms with E-state index in [0.717, 1.165) is 11.3 Å². The van der Waals surface area contributed by atoms with Gasteiger partial charge in [-0.15, -0.1) is 11.8 Å². The minimum atomic E-state index is -3.67. The van der Waals surface area contributed by atoms with Crippen LogP contribution < -0.4 is 15.8 Å². The second kappa shape index (κ2) is 9.45. The van der Waals surface area contributed by atoms with E-state index in [0.29, 0.717) is 19.5 Å². The molecule has 0 heterocycles. The third kappa shape index (κ3) is 7.16. The zero-order valence-corrected chi connectivity index (χ0v) is 15.3. The van der Waals surface area contributed by atoms with Crippen molar-refractivity contribution in [1.29, 1.82) is 0 Å². The Labute approximate surface area is 152 Å². The van der Waals surface area contributed by atoms with Crippen molar-refractivity contribution in [2.75, 3.05) is 18.8 Å². The maximum atomic E-state index is 11.7. The summed E-state index contributed by atoms with van der Waals surface area (Å²) in [6, 6.07) is 16.1. The number of urea groups is 1. The van der Waals surface area contributed by atoms with E-state index in [1.165, 1.54) is 17.0 Å². The van der Waals surface area contributed by atoms with Crippen LogP contribution in [0.3, 0.4) is 0 Å². The number of amides is 2. The van der Waals surface area contributed by atoms with Gasteiger partial charge in [0.15, 0.2) is 0 Å². The third-order valence-corrected chi connectivity index (χ3v) is 5.29. The molecule has 0 saturated carbocycles. The summed E-state index contributed by atoms with van der Waals surface area (Å²) in [5.41, 5.74) is 0.923. The first kappa shape index (κ1) is 19.3. The fraction of sp³-hybridized carbons (Fsp3) is 0.235. The number of nitrogens with two attached hydrogens (primary N) is 1. The van der Waals surface area contributed by atoms with Crippen molar-refractivity contribution >= 4 is 27.8 Å². The molecule has 0 spiro atoms. The Hall–Kier alpha value is -2.03. The molecule has 0 aliphatic rings. The van der Waals surface area contributed by atoms with Crippen molar-refractivity contribution in [2.45, 2.75) is 16.2 Å². The number of thioether (sulfide) groups is 1. The SMILES string of the molecule is NS(=O)(=O)c1ccc(CCNC(=O)NCCSc2ccccc2)cc1. The molecule has 0 aliphatic carbocycles. The molecule has 0 fully saturated rings. The van der Waals surface area contributed by atoms with Gasteiger partial charge in [0.25, 0.3) is 0 Å². The number of nitrogens with one attached hydrogen (secondary N) is 2. The fourth-order valence-corrected chi connectivity index (χ4v) is 3.38. The number of sulfonamides is 1. The average molecular weight is 380 g/mol. The summed E-state index contributed by atoms with van der Waals surface area (Å²) in [6.07, 6.45) is 0.608. The Balaban J connectivity index is 1.62. The van der Waals surface area contributed by atoms with E-state index in [-0.39, 0.29) is 10.9 Å². The molecule has 4 N–H and O–H groups in total. The Morgan fingerprint density at radius 3 is 2.24 bits per heavy atom. The van der Waals surface area contributed by atoms with E-state index in [1.54, 1.807) is 23.9 Å². The number of primary sulfonamides is 1. The monoisotopic (exact) mass is 379 g/mol. The van der Waals surface area contributed by atoms with Crippen LogP contribution in [0.25, 0.3) is 0 Å². The highest BCUT2D eigenvalue weighted by molar-refractivity contribution is 7.99. The largest absolute Gasteiger partial charge is 0.338 e. The first-order valence-electron chi connectivity index (χ1n) is 7.76. The van der Waals surface area contributed by atoms with E-state index in [2.05, 4.69) is 10.6 Å². The van der Waals surface area contributed by atoms with Gasteiger partial charge >= 0.3 is 6.03 Å². The van der Waals surface area contributed by atoms with E-state index in [1.807, 2.05) is 30.3 Å². The highest BCUT2D eigenvalue weighted by atomic mass is 32.2. The summed E-state index contributed by atoms with van der Waals surface area (Å²) in [5, 5.41) is 10.6. The van der Waals surface area contributed by atoms with E-state index in [4.69, 9.17) is 5.14 Å². The van der Waals surface area contributed by atoms with Crippen LogP contribution in [0.5, 0.6) is 0 Å². The molecule has 0 saturated heterocycles. The van der Waals surface area contributed by atoms with Crippen LogP contribution >= 0.6 is 11.8 Å². The molecule has 2 aromatic carbocycles. The van der Waals surface area contributed by atoms with E-state index >= 15 is 0 Å². The second-order valence-corrected chi connectivity index (χ2v) is 8.01. The summed E-state index contributed by atoms with van der Waals surface area (Å²) in [5.74, 6) is 0.798. The summed E-state index contributed by atoms with van der Waals surface area (Å²) in [7, 11) is -3.67. The summed E-state index contributed by atoms with van der Waals surface area (Å²) >= 11 is 1.68. The van der Waals surface area contributed by atoms with Gasteiger partial charge < -0.3 is 10.6 Å². The Kier molecular flexibility index (Phi) is 7.30. The third-order valence-electron chi connectivity index (χ3n) is 3.35. The summed E-state index contributed by atoms with van der Waals surface area (Å²) in [4.78, 5) is 13.0. The van der Waals surface area contributed by atoms with Crippen LogP contribution in [-0.4, -0.2) is 33.3 Å². The Bertz CT molecular complexity index is 779. The molecular weight excluding hydrogens is 358 g/mol. The van der Waals surface area contributed by atoms with Crippen LogP contribution in [-0.2, 0) is 16.4 Å². The molecule has 0 radical (unpaired) electrons. The van der Waals surface area contributed by atoms with E-state index < -0.39 is 10.0 Å². The van der Waals surface area contributed by atoms with Gasteiger partial charge in [0, 0.05) is 23.7 Å². The maximum absolute atomic E-state index is 11.7. The molecule has 0 bridgehead atoms. The van der Waals surface area contributed by atoms with Crippen LogP contribution in [0.15, 0.2) is 64.4 Å². The van der Waals surface area contributed by atoms with Gasteiger partial charge in [-0.3, -0.25) is 0 Å². The molecule has 0 aromatic heterocycles. The van der Waals surface area contributed by atoms with Gasteiger partial charge in [0.1, 0.15) is 0 Å². The van der Waals surface area contributed by atoms with Crippen molar-refractivity contribution < 1.29 is 13.2 Å². The molecule has 25 heavy (non-hydrogen) atoms. The topological polar surface area (TPSA) is 101 Å². The number of carbonyl (C=O) groups excluding carboxylic acids is 1. The smallest absolute Gasteiger partial charge is 0.314 e. The number of benzene rings is 2. The van der Waals surface area contributed by atoms with Gasteiger partial charge in [-0.2, -0.15) is 0 Å². The van der Waals surface area contributed by atoms with Crippen molar-refractivity contribution in [3.63, 3.8) is 0 Å². The van der Waals surface area contributed by atoms with Crippen LogP contribution in [0.1, 0.15) is 5.56 Å². The van der Waals surface area contributed by atoms with Crippen LogP contribution in [0.4, 0.5) is 4.79 Å². The quantitative estimate of drug-likeness (QED) is 0.482. The van der Waals surface area contributed by atoms with Gasteiger partial charge in [0.05, 0.1) is 4.90 Å². The maximum Gasteiger partial charge on any atom is 0.314 e. The highest BCUT2D eigenvalue weighted by Gasteiger charge is 2.06. The lowest BCUT2D eigenvalue weighted by Gasteiger charge is -2.08. The molecular formula is C17H21N3O3S2. The Morgan fingerprint density at radius 2 is 1.60 bits per heavy atom. The van der Waals surface area contributed by atoms with Gasteiger partial charge in [-0.05, 0) is 36.2 Å². The predicted octanol–water partition coefficient (Wildman–Crippen LogP) is 1.97. The zero-order chi connectivity index (χ0) is 18.1. The number of rotatable bonds is 8. The molecule has 2 rings (SSSR count). The normalized spacial score (nSPS) is 11.1. The molecule has 0 aliphatic heterocycles. The predicted molar refractivity (Wildman–Crippen MR) is 100 cm³/mol. The first-order valence-corrected chi connectivity index (χ1v) is 10.3. The lowest BCUT2D eigenvalue weighted by atomic mass is 10.1. The van der Waals surface area contributed by atoms with Crippen LogP contribution in [0, 0.1) is 0 Å². The van der Waals surface area contributed by atoms with Crippen molar-refractivity contribution in [2.24, 2.45) is 5.14 Å². The molecule has 8 heteroatoms. The molecule has 2 aromatic rings. The van der Waals surface area contributed by atoms with Crippen molar-refractivity contribution in [3.8, 4) is 0 Å². The molecule has 2 amide bonds. The minimum Gasteiger partial charge on any atom is -0.338 e.